The van der Waals surface area contributed by atoms with E-state index in [0.29, 0.717) is 37.4 Å². The largest absolute Gasteiger partial charge is 0.493 e. The average molecular weight is 501 g/mol. The number of carbonyl (C=O) groups excluding carboxylic acids is 1. The molecule has 1 amide bonds. The lowest BCUT2D eigenvalue weighted by Crippen LogP contribution is -2.32. The summed E-state index contributed by atoms with van der Waals surface area (Å²) in [6.45, 7) is 3.37. The molecule has 0 unspecified atom stereocenters. The molecule has 2 aromatic carbocycles. The average Bonchev–Trinajstić information content (AvgIpc) is 3.00. The van der Waals surface area contributed by atoms with Crippen molar-refractivity contribution < 1.29 is 14.6 Å². The smallest absolute Gasteiger partial charge is 0.328 e. The van der Waals surface area contributed by atoms with E-state index in [1.165, 1.54) is 10.8 Å². The van der Waals surface area contributed by atoms with E-state index in [-0.39, 0.29) is 23.5 Å². The van der Waals surface area contributed by atoms with Crippen molar-refractivity contribution >= 4 is 33.2 Å². The number of nitrogens with one attached hydrogen (secondary N) is 2. The fourth-order valence-corrected chi connectivity index (χ4v) is 4.09. The molecule has 0 spiro atoms. The molecule has 168 valence electrons. The number of anilines is 2. The zero-order chi connectivity index (χ0) is 22.7. The first-order valence-corrected chi connectivity index (χ1v) is 11.3. The first-order chi connectivity index (χ1) is 15.4. The summed E-state index contributed by atoms with van der Waals surface area (Å²) in [7, 11) is 0. The molecule has 0 radical (unpaired) electrons. The highest BCUT2D eigenvalue weighted by Gasteiger charge is 2.24. The molecule has 0 fully saturated rings. The number of rotatable bonds is 6. The van der Waals surface area contributed by atoms with Crippen LogP contribution in [0.5, 0.6) is 11.6 Å². The van der Waals surface area contributed by atoms with Crippen molar-refractivity contribution in [1.29, 1.82) is 0 Å². The second kappa shape index (κ2) is 9.52. The number of benzene rings is 2. The van der Waals surface area contributed by atoms with Crippen LogP contribution in [0, 0.1) is 0 Å². The van der Waals surface area contributed by atoms with Gasteiger partial charge in [-0.05, 0) is 66.0 Å². The first kappa shape index (κ1) is 22.0. The summed E-state index contributed by atoms with van der Waals surface area (Å²) in [5.74, 6) is 0.357. The second-order valence-electron chi connectivity index (χ2n) is 7.76. The van der Waals surface area contributed by atoms with Crippen LogP contribution in [0.4, 0.5) is 11.4 Å². The van der Waals surface area contributed by atoms with Crippen LogP contribution in [0.2, 0.25) is 0 Å². The summed E-state index contributed by atoms with van der Waals surface area (Å²) in [4.78, 5) is 29.3. The van der Waals surface area contributed by atoms with E-state index in [0.717, 1.165) is 22.3 Å². The molecule has 9 heteroatoms. The minimum atomic E-state index is -0.363. The maximum atomic E-state index is 13.4. The molecule has 32 heavy (non-hydrogen) atoms. The highest BCUT2D eigenvalue weighted by Crippen LogP contribution is 2.32. The minimum absolute atomic E-state index is 0.0884. The molecule has 0 bridgehead atoms. The number of aromatic nitrogens is 2. The van der Waals surface area contributed by atoms with Gasteiger partial charge in [0.1, 0.15) is 5.75 Å². The maximum absolute atomic E-state index is 13.4. The maximum Gasteiger partial charge on any atom is 0.328 e. The van der Waals surface area contributed by atoms with E-state index >= 15 is 0 Å². The number of imidazole rings is 1. The van der Waals surface area contributed by atoms with Gasteiger partial charge in [-0.15, -0.1) is 0 Å². The Hall–Kier alpha value is -3.20. The molecule has 1 aromatic heterocycles. The number of carbonyl (C=O) groups is 1. The Morgan fingerprint density at radius 1 is 1.28 bits per heavy atom. The van der Waals surface area contributed by atoms with Crippen molar-refractivity contribution in [1.82, 2.24) is 9.55 Å². The Morgan fingerprint density at radius 3 is 2.88 bits per heavy atom. The highest BCUT2D eigenvalue weighted by atomic mass is 79.9. The number of H-pyrrole nitrogens is 1. The number of hydrogen-bond donors (Lipinski definition) is 3. The van der Waals surface area contributed by atoms with Crippen LogP contribution in [0.15, 0.2) is 57.9 Å². The van der Waals surface area contributed by atoms with Gasteiger partial charge in [0.2, 0.25) is 5.88 Å². The normalized spacial score (nSPS) is 15.6. The third kappa shape index (κ3) is 4.67. The molecule has 3 aromatic rings. The van der Waals surface area contributed by atoms with Gasteiger partial charge in [-0.1, -0.05) is 12.1 Å². The molecule has 0 saturated heterocycles. The van der Waals surface area contributed by atoms with Gasteiger partial charge in [0.05, 0.1) is 28.7 Å². The molecule has 4 rings (SSSR count). The van der Waals surface area contributed by atoms with Gasteiger partial charge in [0, 0.05) is 24.7 Å². The molecule has 8 nitrogen and oxygen atoms in total. The topological polar surface area (TPSA) is 99.6 Å². The molecule has 0 aliphatic carbocycles. The molecule has 2 heterocycles. The van der Waals surface area contributed by atoms with Crippen molar-refractivity contribution in [3.05, 3.63) is 69.2 Å². The number of aromatic hydroxyl groups is 1. The molecule has 1 atom stereocenters. The molecule has 1 aliphatic rings. The van der Waals surface area contributed by atoms with Crippen LogP contribution >= 0.6 is 15.9 Å². The van der Waals surface area contributed by atoms with Crippen LogP contribution < -0.4 is 20.6 Å². The standard InChI is InChI=1S/C23H25BrN4O4/c1-15-9-11-27(19-6-3-2-5-18(19)26-15)22(30)16-7-8-17(24)20(13-16)32-12-4-10-28-21(29)14-25-23(28)31/h2-3,5-8,13-15,26,29H,4,9-12H2,1H3,(H,25,31)/t15-/m0/s1. The Labute approximate surface area is 194 Å². The summed E-state index contributed by atoms with van der Waals surface area (Å²) in [6.07, 6.45) is 2.61. The first-order valence-electron chi connectivity index (χ1n) is 10.5. The van der Waals surface area contributed by atoms with Gasteiger partial charge in [-0.2, -0.15) is 0 Å². The summed E-state index contributed by atoms with van der Waals surface area (Å²) in [6, 6.07) is 13.4. The quantitative estimate of drug-likeness (QED) is 0.444. The van der Waals surface area contributed by atoms with Gasteiger partial charge in [0.15, 0.2) is 0 Å². The number of halogens is 1. The number of fused-ring (bicyclic) bond motifs is 1. The lowest BCUT2D eigenvalue weighted by molar-refractivity contribution is 0.0986. The summed E-state index contributed by atoms with van der Waals surface area (Å²) < 4.78 is 7.85. The van der Waals surface area contributed by atoms with E-state index < -0.39 is 0 Å². The van der Waals surface area contributed by atoms with E-state index in [9.17, 15) is 14.7 Å². The van der Waals surface area contributed by atoms with Gasteiger partial charge < -0.3 is 25.0 Å². The van der Waals surface area contributed by atoms with Crippen LogP contribution in [0.1, 0.15) is 30.1 Å². The SMILES string of the molecule is C[C@H]1CCN(C(=O)c2ccc(Br)c(OCCCn3c(O)c[nH]c3=O)c2)c2ccccc2N1. The van der Waals surface area contributed by atoms with Crippen molar-refractivity contribution in [2.45, 2.75) is 32.4 Å². The van der Waals surface area contributed by atoms with E-state index in [1.807, 2.05) is 24.3 Å². The zero-order valence-electron chi connectivity index (χ0n) is 17.7. The monoisotopic (exact) mass is 500 g/mol. The minimum Gasteiger partial charge on any atom is -0.493 e. The second-order valence-corrected chi connectivity index (χ2v) is 8.61. The Morgan fingerprint density at radius 2 is 2.09 bits per heavy atom. The lowest BCUT2D eigenvalue weighted by atomic mass is 10.1. The molecule has 3 N–H and O–H groups in total. The van der Waals surface area contributed by atoms with Crippen LogP contribution in [-0.2, 0) is 6.54 Å². The van der Waals surface area contributed by atoms with Crippen LogP contribution in [0.25, 0.3) is 0 Å². The third-order valence-electron chi connectivity index (χ3n) is 5.44. The predicted molar refractivity (Wildman–Crippen MR) is 127 cm³/mol. The molecular weight excluding hydrogens is 476 g/mol. The summed E-state index contributed by atoms with van der Waals surface area (Å²) >= 11 is 3.48. The fourth-order valence-electron chi connectivity index (χ4n) is 3.73. The van der Waals surface area contributed by atoms with Gasteiger partial charge in [-0.25, -0.2) is 4.79 Å². The molecular formula is C23H25BrN4O4. The summed E-state index contributed by atoms with van der Waals surface area (Å²) in [5, 5.41) is 13.1. The van der Waals surface area contributed by atoms with Gasteiger partial charge in [-0.3, -0.25) is 9.36 Å². The summed E-state index contributed by atoms with van der Waals surface area (Å²) in [5.41, 5.74) is 1.98. The predicted octanol–water partition coefficient (Wildman–Crippen LogP) is 3.96. The van der Waals surface area contributed by atoms with Crippen molar-refractivity contribution in [2.24, 2.45) is 0 Å². The Balaban J connectivity index is 1.47. The number of hydrogen-bond acceptors (Lipinski definition) is 5. The van der Waals surface area contributed by atoms with Crippen molar-refractivity contribution in [2.75, 3.05) is 23.4 Å². The number of aromatic amines is 1. The zero-order valence-corrected chi connectivity index (χ0v) is 19.3. The van der Waals surface area contributed by atoms with Crippen LogP contribution in [0.3, 0.4) is 0 Å². The molecule has 0 saturated carbocycles. The Kier molecular flexibility index (Phi) is 6.55. The van der Waals surface area contributed by atoms with E-state index in [4.69, 9.17) is 4.74 Å². The van der Waals surface area contributed by atoms with Crippen molar-refractivity contribution in [3.8, 4) is 11.6 Å². The van der Waals surface area contributed by atoms with Crippen LogP contribution in [-0.4, -0.2) is 39.8 Å². The Bertz CT molecular complexity index is 1170. The number of ether oxygens (including phenoxy) is 1. The fraction of sp³-hybridized carbons (Fsp3) is 0.304. The van der Waals surface area contributed by atoms with Gasteiger partial charge >= 0.3 is 5.69 Å². The van der Waals surface area contributed by atoms with E-state index in [1.54, 1.807) is 23.1 Å². The molecule has 1 aliphatic heterocycles. The van der Waals surface area contributed by atoms with Gasteiger partial charge in [0.25, 0.3) is 5.91 Å². The number of para-hydroxylation sites is 2. The number of amides is 1. The van der Waals surface area contributed by atoms with E-state index in [2.05, 4.69) is 33.2 Å². The lowest BCUT2D eigenvalue weighted by Gasteiger charge is -2.23. The third-order valence-corrected chi connectivity index (χ3v) is 6.09. The van der Waals surface area contributed by atoms with Crippen molar-refractivity contribution in [3.63, 3.8) is 0 Å². The highest BCUT2D eigenvalue weighted by molar-refractivity contribution is 9.10. The number of nitrogens with zero attached hydrogens (tertiary/aromatic N) is 2.